The first-order valence-electron chi connectivity index (χ1n) is 5.23. The fourth-order valence-electron chi connectivity index (χ4n) is 1.83. The van der Waals surface area contributed by atoms with Gasteiger partial charge in [0, 0.05) is 21.8 Å². The van der Waals surface area contributed by atoms with E-state index in [-0.39, 0.29) is 11.8 Å². The van der Waals surface area contributed by atoms with Crippen molar-refractivity contribution in [3.8, 4) is 5.88 Å². The molecular weight excluding hydrogens is 296 g/mol. The molecule has 0 atom stereocenters. The van der Waals surface area contributed by atoms with Crippen LogP contribution in [0, 0.1) is 0 Å². The topological polar surface area (TPSA) is 87.3 Å². The molecule has 1 aliphatic rings. The van der Waals surface area contributed by atoms with Gasteiger partial charge in [-0.15, -0.1) is 0 Å². The Balaban J connectivity index is 2.09. The number of fused-ring (bicyclic) bond motifs is 1. The normalized spacial score (nSPS) is 15.3. The van der Waals surface area contributed by atoms with Gasteiger partial charge in [0.25, 0.3) is 0 Å². The molecule has 0 saturated carbocycles. The largest absolute Gasteiger partial charge is 0.492 e. The van der Waals surface area contributed by atoms with E-state index in [0.717, 1.165) is 21.3 Å². The molecule has 0 bridgehead atoms. The molecule has 1 aromatic carbocycles. The van der Waals surface area contributed by atoms with Crippen molar-refractivity contribution in [3.05, 3.63) is 33.9 Å². The minimum absolute atomic E-state index is 0.114. The van der Waals surface area contributed by atoms with Crippen LogP contribution in [0.1, 0.15) is 11.3 Å². The van der Waals surface area contributed by atoms with E-state index in [1.807, 2.05) is 18.2 Å². The number of nitrogen functional groups attached to an aromatic ring is 1. The molecule has 0 unspecified atom stereocenters. The quantitative estimate of drug-likeness (QED) is 0.757. The number of hydrogen-bond donors (Lipinski definition) is 3. The van der Waals surface area contributed by atoms with Crippen molar-refractivity contribution >= 4 is 45.4 Å². The second-order valence-electron chi connectivity index (χ2n) is 3.88. The van der Waals surface area contributed by atoms with E-state index in [2.05, 4.69) is 30.9 Å². The molecule has 90 valence electrons. The van der Waals surface area contributed by atoms with E-state index in [0.29, 0.717) is 5.69 Å². The Labute approximate surface area is 111 Å². The second-order valence-corrected chi connectivity index (χ2v) is 4.79. The van der Waals surface area contributed by atoms with Gasteiger partial charge in [0.1, 0.15) is 5.69 Å². The number of anilines is 1. The van der Waals surface area contributed by atoms with Gasteiger partial charge in [-0.3, -0.25) is 4.99 Å². The first kappa shape index (κ1) is 11.0. The summed E-state index contributed by atoms with van der Waals surface area (Å²) in [5.74, 6) is 0.0700. The van der Waals surface area contributed by atoms with Crippen LogP contribution >= 0.6 is 15.9 Å². The third-order valence-corrected chi connectivity index (χ3v) is 3.14. The van der Waals surface area contributed by atoms with E-state index in [1.165, 1.54) is 0 Å². The molecule has 0 saturated heterocycles. The lowest BCUT2D eigenvalue weighted by atomic mass is 10.1. The number of rotatable bonds is 1. The summed E-state index contributed by atoms with van der Waals surface area (Å²) < 4.78 is 0.978. The highest BCUT2D eigenvalue weighted by Gasteiger charge is 2.14. The molecule has 0 amide bonds. The number of aromatic hydroxyl groups is 1. The van der Waals surface area contributed by atoms with Gasteiger partial charge >= 0.3 is 0 Å². The average Bonchev–Trinajstić information content (AvgIpc) is 2.84. The average molecular weight is 305 g/mol. The van der Waals surface area contributed by atoms with Crippen molar-refractivity contribution in [1.82, 2.24) is 9.97 Å². The molecule has 1 aromatic heterocycles. The lowest BCUT2D eigenvalue weighted by Gasteiger charge is -2.00. The highest BCUT2D eigenvalue weighted by Crippen LogP contribution is 2.35. The van der Waals surface area contributed by atoms with Crippen LogP contribution in [0.2, 0.25) is 0 Å². The summed E-state index contributed by atoms with van der Waals surface area (Å²) in [5.41, 5.74) is 8.74. The van der Waals surface area contributed by atoms with Crippen molar-refractivity contribution < 1.29 is 5.11 Å². The molecule has 6 heteroatoms. The Morgan fingerprint density at radius 3 is 2.94 bits per heavy atom. The van der Waals surface area contributed by atoms with Gasteiger partial charge in [0.05, 0.1) is 5.69 Å². The smallest absolute Gasteiger partial charge is 0.238 e. The minimum Gasteiger partial charge on any atom is -0.492 e. The summed E-state index contributed by atoms with van der Waals surface area (Å²) in [6.07, 6.45) is 3.51. The number of allylic oxidation sites excluding steroid dienone is 1. The van der Waals surface area contributed by atoms with Gasteiger partial charge in [-0.1, -0.05) is 15.9 Å². The Bertz CT molecular complexity index is 687. The van der Waals surface area contributed by atoms with E-state index >= 15 is 0 Å². The fourth-order valence-corrected chi connectivity index (χ4v) is 2.19. The lowest BCUT2D eigenvalue weighted by Crippen LogP contribution is -1.85. The Hall–Kier alpha value is -2.08. The van der Waals surface area contributed by atoms with Gasteiger partial charge < -0.3 is 15.8 Å². The molecule has 5 nitrogen and oxygen atoms in total. The van der Waals surface area contributed by atoms with Crippen LogP contribution in [0.25, 0.3) is 11.6 Å². The Kier molecular flexibility index (Phi) is 2.45. The highest BCUT2D eigenvalue weighted by molar-refractivity contribution is 9.10. The number of benzene rings is 1. The van der Waals surface area contributed by atoms with Crippen LogP contribution < -0.4 is 5.73 Å². The van der Waals surface area contributed by atoms with Gasteiger partial charge in [0.2, 0.25) is 11.8 Å². The number of aromatic nitrogens is 2. The number of imidazole rings is 1. The summed E-state index contributed by atoms with van der Waals surface area (Å²) >= 11 is 3.42. The summed E-state index contributed by atoms with van der Waals surface area (Å²) in [6, 6.07) is 5.84. The molecule has 2 aromatic rings. The highest BCUT2D eigenvalue weighted by atomic mass is 79.9. The van der Waals surface area contributed by atoms with Crippen molar-refractivity contribution in [2.75, 3.05) is 5.73 Å². The number of nitrogens with one attached hydrogen (secondary N) is 1. The number of nitrogens with two attached hydrogens (primary N) is 1. The molecule has 4 N–H and O–H groups in total. The van der Waals surface area contributed by atoms with E-state index in [1.54, 1.807) is 12.3 Å². The van der Waals surface area contributed by atoms with Crippen molar-refractivity contribution in [2.45, 2.75) is 0 Å². The summed E-state index contributed by atoms with van der Waals surface area (Å²) in [7, 11) is 0. The molecule has 0 spiro atoms. The lowest BCUT2D eigenvalue weighted by molar-refractivity contribution is 0.456. The molecule has 3 rings (SSSR count). The van der Waals surface area contributed by atoms with E-state index < -0.39 is 0 Å². The molecular formula is C12H9BrN4O. The number of H-pyrrole nitrogens is 1. The number of aliphatic imine (C=N–C) groups is 1. The first-order chi connectivity index (χ1) is 8.63. The van der Waals surface area contributed by atoms with E-state index in [4.69, 9.17) is 5.73 Å². The number of nitrogens with zero attached hydrogens (tertiary/aromatic N) is 2. The van der Waals surface area contributed by atoms with E-state index in [9.17, 15) is 5.11 Å². The van der Waals surface area contributed by atoms with Crippen LogP contribution in [0.3, 0.4) is 0 Å². The van der Waals surface area contributed by atoms with Crippen LogP contribution in [-0.4, -0.2) is 21.3 Å². The van der Waals surface area contributed by atoms with Gasteiger partial charge in [-0.25, -0.2) is 0 Å². The minimum atomic E-state index is -0.114. The number of halogens is 1. The van der Waals surface area contributed by atoms with Crippen LogP contribution in [0.4, 0.5) is 11.6 Å². The van der Waals surface area contributed by atoms with Gasteiger partial charge in [-0.2, -0.15) is 4.98 Å². The molecule has 0 aliphatic carbocycles. The first-order valence-corrected chi connectivity index (χ1v) is 6.03. The summed E-state index contributed by atoms with van der Waals surface area (Å²) in [4.78, 5) is 10.8. The van der Waals surface area contributed by atoms with Crippen molar-refractivity contribution in [2.24, 2.45) is 4.99 Å². The Morgan fingerprint density at radius 1 is 1.39 bits per heavy atom. The SMILES string of the molecule is Nc1nc(O)c(/C=C2\C=Nc3ccc(Br)cc32)[nH]1. The predicted octanol–water partition coefficient (Wildman–Crippen LogP) is 2.72. The van der Waals surface area contributed by atoms with Crippen LogP contribution in [-0.2, 0) is 0 Å². The molecule has 18 heavy (non-hydrogen) atoms. The van der Waals surface area contributed by atoms with Crippen molar-refractivity contribution in [3.63, 3.8) is 0 Å². The summed E-state index contributed by atoms with van der Waals surface area (Å²) in [6.45, 7) is 0. The van der Waals surface area contributed by atoms with Crippen molar-refractivity contribution in [1.29, 1.82) is 0 Å². The van der Waals surface area contributed by atoms with Crippen LogP contribution in [0.15, 0.2) is 27.7 Å². The van der Waals surface area contributed by atoms with Gasteiger partial charge in [-0.05, 0) is 24.3 Å². The maximum atomic E-state index is 9.57. The second kappa shape index (κ2) is 3.99. The third kappa shape index (κ3) is 1.80. The standard InChI is InChI=1S/C12H9BrN4O/c13-7-1-2-9-8(4-7)6(5-15-9)3-10-11(18)17-12(14)16-10/h1-5,18H,(H3,14,16,17)/b6-3+. The summed E-state index contributed by atoms with van der Waals surface area (Å²) in [5, 5.41) is 9.57. The third-order valence-electron chi connectivity index (χ3n) is 2.64. The zero-order valence-corrected chi connectivity index (χ0v) is 10.8. The van der Waals surface area contributed by atoms with Gasteiger partial charge in [0.15, 0.2) is 0 Å². The maximum absolute atomic E-state index is 9.57. The fraction of sp³-hybridized carbons (Fsp3) is 0. The molecule has 1 aliphatic heterocycles. The maximum Gasteiger partial charge on any atom is 0.238 e. The zero-order chi connectivity index (χ0) is 12.7. The monoisotopic (exact) mass is 304 g/mol. The number of hydrogen-bond acceptors (Lipinski definition) is 4. The van der Waals surface area contributed by atoms with Crippen LogP contribution in [0.5, 0.6) is 5.88 Å². The number of aromatic amines is 1. The Morgan fingerprint density at radius 2 is 2.22 bits per heavy atom. The predicted molar refractivity (Wildman–Crippen MR) is 74.8 cm³/mol. The molecule has 2 heterocycles. The zero-order valence-electron chi connectivity index (χ0n) is 9.18. The molecule has 0 radical (unpaired) electrons. The molecule has 0 fully saturated rings.